The third-order valence-corrected chi connectivity index (χ3v) is 6.60. The van der Waals surface area contributed by atoms with E-state index in [2.05, 4.69) is 15.5 Å². The first kappa shape index (κ1) is 21.2. The number of urea groups is 1. The molecule has 2 saturated heterocycles. The first-order chi connectivity index (χ1) is 15.0. The molecule has 7 heteroatoms. The van der Waals surface area contributed by atoms with Gasteiger partial charge in [-0.15, -0.1) is 0 Å². The second-order valence-corrected chi connectivity index (χ2v) is 8.38. The number of benzene rings is 2. The number of carbonyl (C=O) groups excluding carboxylic acids is 2. The topological polar surface area (TPSA) is 90.9 Å². The molecule has 0 radical (unpaired) electrons. The number of aryl methyl sites for hydroxylation is 1. The fourth-order valence-corrected chi connectivity index (χ4v) is 4.84. The SMILES string of the molecule is COc1cccc(CN2CCC(C3(CCc4ccccc4)NC(=O)NC3=O)CC2)c1O. The number of nitrogens with one attached hydrogen (secondary N) is 2. The Morgan fingerprint density at radius 3 is 2.48 bits per heavy atom. The van der Waals surface area contributed by atoms with Gasteiger partial charge in [-0.2, -0.15) is 0 Å². The van der Waals surface area contributed by atoms with E-state index < -0.39 is 11.6 Å². The zero-order valence-electron chi connectivity index (χ0n) is 17.8. The van der Waals surface area contributed by atoms with Crippen LogP contribution in [-0.2, 0) is 17.8 Å². The molecule has 7 nitrogen and oxygen atoms in total. The highest BCUT2D eigenvalue weighted by atomic mass is 16.5. The summed E-state index contributed by atoms with van der Waals surface area (Å²) in [5, 5.41) is 15.8. The molecular formula is C24H29N3O4. The lowest BCUT2D eigenvalue weighted by atomic mass is 9.74. The molecule has 2 aromatic carbocycles. The summed E-state index contributed by atoms with van der Waals surface area (Å²) in [5.41, 5.74) is 1.11. The van der Waals surface area contributed by atoms with Crippen molar-refractivity contribution in [3.8, 4) is 11.5 Å². The van der Waals surface area contributed by atoms with E-state index in [9.17, 15) is 14.7 Å². The van der Waals surface area contributed by atoms with Gasteiger partial charge in [0.2, 0.25) is 0 Å². The van der Waals surface area contributed by atoms with E-state index in [1.165, 1.54) is 0 Å². The fraction of sp³-hybridized carbons (Fsp3) is 0.417. The number of piperidine rings is 1. The van der Waals surface area contributed by atoms with Gasteiger partial charge in [-0.25, -0.2) is 4.79 Å². The van der Waals surface area contributed by atoms with Gasteiger partial charge in [-0.1, -0.05) is 42.5 Å². The number of phenolic OH excluding ortho intramolecular Hbond substituents is 1. The summed E-state index contributed by atoms with van der Waals surface area (Å²) >= 11 is 0. The lowest BCUT2D eigenvalue weighted by Crippen LogP contribution is -2.56. The molecule has 1 unspecified atom stereocenters. The standard InChI is InChI=1S/C24H29N3O4/c1-31-20-9-5-8-18(21(20)28)16-27-14-11-19(12-15-27)24(22(29)25-23(30)26-24)13-10-17-6-3-2-4-7-17/h2-9,19,28H,10-16H2,1H3,(H2,25,26,29,30). The monoisotopic (exact) mass is 423 g/mol. The van der Waals surface area contributed by atoms with Gasteiger partial charge in [-0.05, 0) is 56.3 Å². The molecule has 0 aliphatic carbocycles. The second kappa shape index (κ2) is 8.98. The molecule has 2 heterocycles. The van der Waals surface area contributed by atoms with E-state index >= 15 is 0 Å². The molecular weight excluding hydrogens is 394 g/mol. The Balaban J connectivity index is 1.43. The number of aromatic hydroxyl groups is 1. The van der Waals surface area contributed by atoms with Crippen molar-refractivity contribution in [3.63, 3.8) is 0 Å². The van der Waals surface area contributed by atoms with E-state index in [1.807, 2.05) is 42.5 Å². The number of hydrogen-bond donors (Lipinski definition) is 3. The van der Waals surface area contributed by atoms with Gasteiger partial charge in [0.15, 0.2) is 11.5 Å². The molecule has 2 aliphatic heterocycles. The summed E-state index contributed by atoms with van der Waals surface area (Å²) in [6.07, 6.45) is 2.91. The molecule has 0 saturated carbocycles. The first-order valence-electron chi connectivity index (χ1n) is 10.8. The van der Waals surface area contributed by atoms with Gasteiger partial charge >= 0.3 is 6.03 Å². The molecule has 2 aromatic rings. The van der Waals surface area contributed by atoms with Crippen molar-refractivity contribution < 1.29 is 19.4 Å². The van der Waals surface area contributed by atoms with Gasteiger partial charge in [-0.3, -0.25) is 15.0 Å². The number of amides is 3. The molecule has 4 rings (SSSR count). The van der Waals surface area contributed by atoms with Crippen LogP contribution in [-0.4, -0.2) is 47.7 Å². The van der Waals surface area contributed by atoms with Crippen molar-refractivity contribution in [2.24, 2.45) is 5.92 Å². The highest BCUT2D eigenvalue weighted by Crippen LogP contribution is 2.36. The minimum absolute atomic E-state index is 0.0674. The maximum absolute atomic E-state index is 12.9. The number of methoxy groups -OCH3 is 1. The molecule has 164 valence electrons. The van der Waals surface area contributed by atoms with Crippen LogP contribution in [0.2, 0.25) is 0 Å². The molecule has 0 bridgehead atoms. The van der Waals surface area contributed by atoms with Crippen LogP contribution in [0.25, 0.3) is 0 Å². The van der Waals surface area contributed by atoms with E-state index in [4.69, 9.17) is 4.74 Å². The summed E-state index contributed by atoms with van der Waals surface area (Å²) in [6, 6.07) is 15.2. The summed E-state index contributed by atoms with van der Waals surface area (Å²) in [4.78, 5) is 27.2. The lowest BCUT2D eigenvalue weighted by molar-refractivity contribution is -0.127. The summed E-state index contributed by atoms with van der Waals surface area (Å²) < 4.78 is 5.20. The Kier molecular flexibility index (Phi) is 6.13. The largest absolute Gasteiger partial charge is 0.504 e. The van der Waals surface area contributed by atoms with Crippen molar-refractivity contribution >= 4 is 11.9 Å². The molecule has 0 aromatic heterocycles. The third-order valence-electron chi connectivity index (χ3n) is 6.60. The minimum Gasteiger partial charge on any atom is -0.504 e. The van der Waals surface area contributed by atoms with Crippen molar-refractivity contribution in [1.82, 2.24) is 15.5 Å². The van der Waals surface area contributed by atoms with Crippen LogP contribution in [0.1, 0.15) is 30.4 Å². The van der Waals surface area contributed by atoms with Crippen molar-refractivity contribution in [2.45, 2.75) is 37.8 Å². The van der Waals surface area contributed by atoms with Crippen LogP contribution >= 0.6 is 0 Å². The number of nitrogens with zero attached hydrogens (tertiary/aromatic N) is 1. The lowest BCUT2D eigenvalue weighted by Gasteiger charge is -2.40. The Hall–Kier alpha value is -3.06. The molecule has 2 aliphatic rings. The van der Waals surface area contributed by atoms with Crippen molar-refractivity contribution in [1.29, 1.82) is 0 Å². The fourth-order valence-electron chi connectivity index (χ4n) is 4.84. The van der Waals surface area contributed by atoms with Crippen LogP contribution in [0.15, 0.2) is 48.5 Å². The number of phenols is 1. The average Bonchev–Trinajstić information content (AvgIpc) is 3.09. The van der Waals surface area contributed by atoms with Gasteiger partial charge in [0.1, 0.15) is 5.54 Å². The average molecular weight is 424 g/mol. The predicted octanol–water partition coefficient (Wildman–Crippen LogP) is 2.82. The van der Waals surface area contributed by atoms with Crippen LogP contribution in [0.3, 0.4) is 0 Å². The van der Waals surface area contributed by atoms with Gasteiger partial charge in [0.25, 0.3) is 5.91 Å². The van der Waals surface area contributed by atoms with Gasteiger partial charge < -0.3 is 15.2 Å². The van der Waals surface area contributed by atoms with Crippen molar-refractivity contribution in [2.75, 3.05) is 20.2 Å². The minimum atomic E-state index is -0.864. The summed E-state index contributed by atoms with van der Waals surface area (Å²) in [6.45, 7) is 2.19. The maximum atomic E-state index is 12.9. The Bertz CT molecular complexity index is 941. The number of rotatable bonds is 7. The molecule has 1 atom stereocenters. The van der Waals surface area contributed by atoms with E-state index in [-0.39, 0.29) is 17.6 Å². The quantitative estimate of drug-likeness (QED) is 0.596. The predicted molar refractivity (Wildman–Crippen MR) is 117 cm³/mol. The normalized spacial score (nSPS) is 22.2. The highest BCUT2D eigenvalue weighted by molar-refractivity contribution is 6.07. The first-order valence-corrected chi connectivity index (χ1v) is 10.8. The van der Waals surface area contributed by atoms with E-state index in [0.29, 0.717) is 18.7 Å². The third kappa shape index (κ3) is 4.37. The van der Waals surface area contributed by atoms with Crippen LogP contribution in [0, 0.1) is 5.92 Å². The number of carbonyl (C=O) groups is 2. The highest BCUT2D eigenvalue weighted by Gasteiger charge is 2.51. The van der Waals surface area contributed by atoms with E-state index in [1.54, 1.807) is 13.2 Å². The number of ether oxygens (including phenoxy) is 1. The number of imide groups is 1. The molecule has 3 amide bonds. The number of hydrogen-bond acceptors (Lipinski definition) is 5. The Morgan fingerprint density at radius 1 is 1.10 bits per heavy atom. The zero-order chi connectivity index (χ0) is 21.8. The molecule has 3 N–H and O–H groups in total. The zero-order valence-corrected chi connectivity index (χ0v) is 17.8. The Labute approximate surface area is 182 Å². The molecule has 2 fully saturated rings. The molecule has 31 heavy (non-hydrogen) atoms. The summed E-state index contributed by atoms with van der Waals surface area (Å²) in [7, 11) is 1.54. The van der Waals surface area contributed by atoms with Crippen molar-refractivity contribution in [3.05, 3.63) is 59.7 Å². The van der Waals surface area contributed by atoms with Gasteiger partial charge in [0, 0.05) is 12.1 Å². The van der Waals surface area contributed by atoms with Gasteiger partial charge in [0.05, 0.1) is 7.11 Å². The second-order valence-electron chi connectivity index (χ2n) is 8.38. The smallest absolute Gasteiger partial charge is 0.322 e. The van der Waals surface area contributed by atoms with Crippen LogP contribution < -0.4 is 15.4 Å². The van der Waals surface area contributed by atoms with Crippen LogP contribution in [0.4, 0.5) is 4.79 Å². The van der Waals surface area contributed by atoms with Crippen LogP contribution in [0.5, 0.6) is 11.5 Å². The molecule has 0 spiro atoms. The Morgan fingerprint density at radius 2 is 1.84 bits per heavy atom. The number of likely N-dealkylation sites (tertiary alicyclic amines) is 1. The van der Waals surface area contributed by atoms with E-state index in [0.717, 1.165) is 43.5 Å². The number of para-hydroxylation sites is 1. The summed E-state index contributed by atoms with van der Waals surface area (Å²) in [5.74, 6) is 0.501. The maximum Gasteiger partial charge on any atom is 0.322 e.